The predicted molar refractivity (Wildman–Crippen MR) is 86.8 cm³/mol. The number of ether oxygens (including phenoxy) is 1. The molecule has 0 spiro atoms. The van der Waals surface area contributed by atoms with Gasteiger partial charge in [-0.25, -0.2) is 4.98 Å². The summed E-state index contributed by atoms with van der Waals surface area (Å²) in [6.07, 6.45) is 3.12. The van der Waals surface area contributed by atoms with E-state index in [2.05, 4.69) is 28.6 Å². The third kappa shape index (κ3) is 3.56. The minimum Gasteiger partial charge on any atom is -0.378 e. The van der Waals surface area contributed by atoms with Crippen molar-refractivity contribution in [2.45, 2.75) is 32.9 Å². The number of nitrogens with two attached hydrogens (primary N) is 1. The number of hydrogen-bond donors (Lipinski definition) is 1. The summed E-state index contributed by atoms with van der Waals surface area (Å²) in [6, 6.07) is 0.319. The molecule has 1 atom stereocenters. The number of piperidine rings is 1. The van der Waals surface area contributed by atoms with Crippen molar-refractivity contribution < 1.29 is 4.74 Å². The van der Waals surface area contributed by atoms with Crippen LogP contribution in [-0.2, 0) is 11.3 Å². The number of hydrogen-bond acceptors (Lipinski definition) is 6. The first-order valence-electron chi connectivity index (χ1n) is 7.80. The summed E-state index contributed by atoms with van der Waals surface area (Å²) in [6.45, 7) is 11.2. The van der Waals surface area contributed by atoms with Crippen LogP contribution in [0.25, 0.3) is 0 Å². The zero-order chi connectivity index (χ0) is 14.9. The van der Waals surface area contributed by atoms with Gasteiger partial charge >= 0.3 is 0 Å². The van der Waals surface area contributed by atoms with Gasteiger partial charge in [0.05, 0.1) is 13.2 Å². The number of morpholine rings is 1. The molecule has 3 heterocycles. The van der Waals surface area contributed by atoms with Crippen molar-refractivity contribution in [3.8, 4) is 0 Å². The third-order valence-corrected chi connectivity index (χ3v) is 5.64. The van der Waals surface area contributed by atoms with Gasteiger partial charge in [-0.05, 0) is 11.8 Å². The molecule has 0 bridgehead atoms. The molecule has 1 aromatic heterocycles. The summed E-state index contributed by atoms with van der Waals surface area (Å²) < 4.78 is 5.40. The van der Waals surface area contributed by atoms with Crippen LogP contribution in [0.3, 0.4) is 0 Å². The predicted octanol–water partition coefficient (Wildman–Crippen LogP) is 1.54. The Kier molecular flexibility index (Phi) is 4.49. The van der Waals surface area contributed by atoms with Crippen molar-refractivity contribution in [1.82, 2.24) is 9.88 Å². The van der Waals surface area contributed by atoms with Gasteiger partial charge in [0.1, 0.15) is 0 Å². The van der Waals surface area contributed by atoms with Crippen molar-refractivity contribution in [3.05, 3.63) is 11.1 Å². The topological polar surface area (TPSA) is 54.6 Å². The Morgan fingerprint density at radius 3 is 2.86 bits per heavy atom. The van der Waals surface area contributed by atoms with E-state index in [1.807, 2.05) is 17.5 Å². The zero-order valence-electron chi connectivity index (χ0n) is 13.0. The van der Waals surface area contributed by atoms with Crippen molar-refractivity contribution in [2.75, 3.05) is 44.3 Å². The fourth-order valence-corrected chi connectivity index (χ4v) is 4.12. The van der Waals surface area contributed by atoms with E-state index in [1.54, 1.807) is 0 Å². The summed E-state index contributed by atoms with van der Waals surface area (Å²) in [5, 5.41) is 1.14. The Hall–Kier alpha value is -0.690. The molecule has 0 aliphatic carbocycles. The molecule has 2 N–H and O–H groups in total. The zero-order valence-corrected chi connectivity index (χ0v) is 13.9. The molecular formula is C15H26N4OS. The van der Waals surface area contributed by atoms with Crippen LogP contribution in [0.4, 0.5) is 5.13 Å². The van der Waals surface area contributed by atoms with E-state index in [9.17, 15) is 0 Å². The second kappa shape index (κ2) is 6.20. The van der Waals surface area contributed by atoms with Crippen molar-refractivity contribution in [3.63, 3.8) is 0 Å². The molecule has 5 nitrogen and oxygen atoms in total. The van der Waals surface area contributed by atoms with Crippen molar-refractivity contribution >= 4 is 16.5 Å². The van der Waals surface area contributed by atoms with Crippen LogP contribution in [0.5, 0.6) is 0 Å². The normalized spacial score (nSPS) is 27.0. The van der Waals surface area contributed by atoms with Crippen molar-refractivity contribution in [2.24, 2.45) is 11.1 Å². The van der Waals surface area contributed by atoms with E-state index < -0.39 is 0 Å². The molecule has 1 aromatic rings. The fraction of sp³-hybridized carbons (Fsp3) is 0.800. The number of anilines is 1. The van der Waals surface area contributed by atoms with Gasteiger partial charge in [-0.2, -0.15) is 0 Å². The Balaban J connectivity index is 1.59. The molecule has 2 aliphatic rings. The van der Waals surface area contributed by atoms with Crippen LogP contribution in [0.1, 0.15) is 25.1 Å². The van der Waals surface area contributed by atoms with Crippen LogP contribution < -0.4 is 10.6 Å². The maximum Gasteiger partial charge on any atom is 0.185 e. The first-order valence-corrected chi connectivity index (χ1v) is 8.61. The Morgan fingerprint density at radius 1 is 1.38 bits per heavy atom. The van der Waals surface area contributed by atoms with E-state index in [0.29, 0.717) is 6.04 Å². The van der Waals surface area contributed by atoms with E-state index in [-0.39, 0.29) is 5.41 Å². The van der Waals surface area contributed by atoms with E-state index in [4.69, 9.17) is 10.5 Å². The number of rotatable bonds is 3. The Labute approximate surface area is 131 Å². The van der Waals surface area contributed by atoms with Crippen LogP contribution >= 0.6 is 11.3 Å². The minimum atomic E-state index is 0.204. The Bertz CT molecular complexity index is 470. The molecule has 0 saturated carbocycles. The molecule has 0 aromatic carbocycles. The number of thiazole rings is 1. The van der Waals surface area contributed by atoms with Gasteiger partial charge in [0.2, 0.25) is 0 Å². The summed E-state index contributed by atoms with van der Waals surface area (Å²) in [5.41, 5.74) is 6.42. The quantitative estimate of drug-likeness (QED) is 0.918. The molecule has 3 rings (SSSR count). The molecule has 6 heteroatoms. The molecule has 2 saturated heterocycles. The lowest BCUT2D eigenvalue weighted by Crippen LogP contribution is -2.51. The first-order chi connectivity index (χ1) is 10.0. The lowest BCUT2D eigenvalue weighted by Gasteiger charge is -2.42. The average Bonchev–Trinajstić information content (AvgIpc) is 2.92. The molecule has 21 heavy (non-hydrogen) atoms. The summed E-state index contributed by atoms with van der Waals surface area (Å²) >= 11 is 1.82. The maximum absolute atomic E-state index is 6.21. The largest absolute Gasteiger partial charge is 0.378 e. The van der Waals surface area contributed by atoms with Crippen LogP contribution in [-0.4, -0.2) is 55.3 Å². The molecule has 2 fully saturated rings. The van der Waals surface area contributed by atoms with E-state index in [0.717, 1.165) is 57.5 Å². The average molecular weight is 310 g/mol. The van der Waals surface area contributed by atoms with E-state index >= 15 is 0 Å². The van der Waals surface area contributed by atoms with Crippen molar-refractivity contribution in [1.29, 1.82) is 0 Å². The number of aromatic nitrogens is 1. The van der Waals surface area contributed by atoms with Gasteiger partial charge in [0.15, 0.2) is 5.13 Å². The van der Waals surface area contributed by atoms with Crippen LogP contribution in [0, 0.1) is 5.41 Å². The third-order valence-electron chi connectivity index (χ3n) is 4.59. The van der Waals surface area contributed by atoms with Gasteiger partial charge in [0, 0.05) is 49.8 Å². The van der Waals surface area contributed by atoms with Crippen LogP contribution in [0.2, 0.25) is 0 Å². The molecule has 0 radical (unpaired) electrons. The SMILES string of the molecule is CC1(C)CN(Cc2cnc(N3CCOCC3)s2)CCC1N. The van der Waals surface area contributed by atoms with Gasteiger partial charge < -0.3 is 15.4 Å². The lowest BCUT2D eigenvalue weighted by atomic mass is 9.80. The standard InChI is InChI=1S/C15H26N4OS/c1-15(2)11-18(4-3-13(15)16)10-12-9-17-14(21-12)19-5-7-20-8-6-19/h9,13H,3-8,10-11,16H2,1-2H3. The summed E-state index contributed by atoms with van der Waals surface area (Å²) in [4.78, 5) is 10.8. The number of nitrogens with zero attached hydrogens (tertiary/aromatic N) is 3. The Morgan fingerprint density at radius 2 is 2.14 bits per heavy atom. The maximum atomic E-state index is 6.21. The smallest absolute Gasteiger partial charge is 0.185 e. The molecule has 0 amide bonds. The summed E-state index contributed by atoms with van der Waals surface area (Å²) in [7, 11) is 0. The van der Waals surface area contributed by atoms with Gasteiger partial charge in [-0.1, -0.05) is 13.8 Å². The second-order valence-corrected chi connectivity index (χ2v) is 7.90. The highest BCUT2D eigenvalue weighted by Gasteiger charge is 2.33. The highest BCUT2D eigenvalue weighted by atomic mass is 32.1. The lowest BCUT2D eigenvalue weighted by molar-refractivity contribution is 0.0906. The molecular weight excluding hydrogens is 284 g/mol. The molecule has 2 aliphatic heterocycles. The van der Waals surface area contributed by atoms with Crippen LogP contribution in [0.15, 0.2) is 6.20 Å². The fourth-order valence-electron chi connectivity index (χ4n) is 3.11. The summed E-state index contributed by atoms with van der Waals surface area (Å²) in [5.74, 6) is 0. The van der Waals surface area contributed by atoms with Gasteiger partial charge in [-0.15, -0.1) is 11.3 Å². The second-order valence-electron chi connectivity index (χ2n) is 6.80. The number of likely N-dealkylation sites (tertiary alicyclic amines) is 1. The van der Waals surface area contributed by atoms with Gasteiger partial charge in [0.25, 0.3) is 0 Å². The highest BCUT2D eigenvalue weighted by molar-refractivity contribution is 7.15. The monoisotopic (exact) mass is 310 g/mol. The highest BCUT2D eigenvalue weighted by Crippen LogP contribution is 2.30. The molecule has 118 valence electrons. The molecule has 1 unspecified atom stereocenters. The van der Waals surface area contributed by atoms with E-state index in [1.165, 1.54) is 4.88 Å². The minimum absolute atomic E-state index is 0.204. The first kappa shape index (κ1) is 15.2. The van der Waals surface area contributed by atoms with Gasteiger partial charge in [-0.3, -0.25) is 4.90 Å².